The van der Waals surface area contributed by atoms with E-state index in [4.69, 9.17) is 18.9 Å². The van der Waals surface area contributed by atoms with Crippen LogP contribution in [-0.2, 0) is 36.8 Å². The largest absolute Gasteiger partial charge is 0.507 e. The molecular weight excluding hydrogens is 452 g/mol. The molecule has 0 aliphatic carbocycles. The molecule has 0 spiro atoms. The third-order valence-electron chi connectivity index (χ3n) is 5.93. The van der Waals surface area contributed by atoms with Crippen LogP contribution in [0.2, 0.25) is 0 Å². The molecule has 1 aliphatic heterocycles. The lowest BCUT2D eigenvalue weighted by molar-refractivity contribution is -0.147. The lowest BCUT2D eigenvalue weighted by Crippen LogP contribution is -2.10. The number of methoxy groups -OCH3 is 1. The third-order valence-corrected chi connectivity index (χ3v) is 5.93. The summed E-state index contributed by atoms with van der Waals surface area (Å²) in [6.45, 7) is 7.92. The van der Waals surface area contributed by atoms with Crippen LogP contribution >= 0.6 is 0 Å². The molecule has 0 atom stereocenters. The molecule has 1 aromatic rings. The van der Waals surface area contributed by atoms with Crippen molar-refractivity contribution in [3.63, 3.8) is 0 Å². The molecule has 0 saturated heterocycles. The number of aromatic hydroxyl groups is 1. The van der Waals surface area contributed by atoms with Crippen LogP contribution in [0.25, 0.3) is 0 Å². The van der Waals surface area contributed by atoms with Gasteiger partial charge in [-0.1, -0.05) is 24.5 Å². The van der Waals surface area contributed by atoms with Crippen molar-refractivity contribution < 1.29 is 38.4 Å². The molecule has 0 unspecified atom stereocenters. The van der Waals surface area contributed by atoms with Crippen molar-refractivity contribution in [2.75, 3.05) is 13.7 Å². The smallest absolute Gasteiger partial charge is 0.342 e. The summed E-state index contributed by atoms with van der Waals surface area (Å²) < 4.78 is 21.0. The van der Waals surface area contributed by atoms with E-state index in [1.165, 1.54) is 7.11 Å². The summed E-state index contributed by atoms with van der Waals surface area (Å²) >= 11 is 0. The molecule has 0 fully saturated rings. The van der Waals surface area contributed by atoms with Crippen LogP contribution in [0.3, 0.4) is 0 Å². The topological polar surface area (TPSA) is 108 Å². The molecule has 0 saturated carbocycles. The van der Waals surface area contributed by atoms with Crippen LogP contribution in [0.4, 0.5) is 0 Å². The maximum atomic E-state index is 12.0. The fourth-order valence-electron chi connectivity index (χ4n) is 4.01. The Bertz CT molecular complexity index is 945. The first-order valence-corrected chi connectivity index (χ1v) is 12.2. The highest BCUT2D eigenvalue weighted by Gasteiger charge is 2.31. The number of allylic oxidation sites excluding steroid dienone is 2. The van der Waals surface area contributed by atoms with Gasteiger partial charge in [0.25, 0.3) is 0 Å². The Morgan fingerprint density at radius 3 is 2.49 bits per heavy atom. The Kier molecular flexibility index (Phi) is 11.1. The SMILES string of the molecule is COc1c(C)c2c(c(O)c1C/C=C(\C)CCC(=O)OCCCCCCC(=O)OC(C)C)C(=O)OC2. The number of esters is 3. The monoisotopic (exact) mass is 490 g/mol. The fraction of sp³-hybridized carbons (Fsp3) is 0.593. The molecule has 0 radical (unpaired) electrons. The Labute approximate surface area is 207 Å². The molecule has 2 rings (SSSR count). The number of rotatable bonds is 14. The van der Waals surface area contributed by atoms with Gasteiger partial charge in [0.2, 0.25) is 0 Å². The van der Waals surface area contributed by atoms with Gasteiger partial charge in [-0.3, -0.25) is 9.59 Å². The van der Waals surface area contributed by atoms with E-state index in [-0.39, 0.29) is 42.4 Å². The van der Waals surface area contributed by atoms with E-state index in [0.717, 1.165) is 36.8 Å². The van der Waals surface area contributed by atoms with Crippen molar-refractivity contribution in [1.82, 2.24) is 0 Å². The summed E-state index contributed by atoms with van der Waals surface area (Å²) in [6.07, 6.45) is 6.73. The molecular formula is C27H38O8. The minimum absolute atomic E-state index is 0.0840. The normalized spacial score (nSPS) is 13.0. The molecule has 0 aromatic heterocycles. The molecule has 0 amide bonds. The highest BCUT2D eigenvalue weighted by molar-refractivity contribution is 5.98. The lowest BCUT2D eigenvalue weighted by Gasteiger charge is -2.15. The summed E-state index contributed by atoms with van der Waals surface area (Å²) in [4.78, 5) is 35.5. The fourth-order valence-corrected chi connectivity index (χ4v) is 4.01. The van der Waals surface area contributed by atoms with Crippen LogP contribution < -0.4 is 4.74 Å². The van der Waals surface area contributed by atoms with E-state index < -0.39 is 5.97 Å². The molecule has 1 aliphatic rings. The average Bonchev–Trinajstić information content (AvgIpc) is 3.19. The van der Waals surface area contributed by atoms with Crippen molar-refractivity contribution in [3.05, 3.63) is 33.9 Å². The van der Waals surface area contributed by atoms with Crippen molar-refractivity contribution in [2.24, 2.45) is 0 Å². The molecule has 0 bridgehead atoms. The zero-order valence-electron chi connectivity index (χ0n) is 21.5. The molecule has 1 aromatic carbocycles. The second-order valence-electron chi connectivity index (χ2n) is 9.09. The number of hydrogen-bond donors (Lipinski definition) is 1. The van der Waals surface area contributed by atoms with Gasteiger partial charge in [-0.25, -0.2) is 4.79 Å². The predicted molar refractivity (Wildman–Crippen MR) is 130 cm³/mol. The van der Waals surface area contributed by atoms with Gasteiger partial charge in [-0.05, 0) is 58.9 Å². The van der Waals surface area contributed by atoms with Crippen LogP contribution in [0.5, 0.6) is 11.5 Å². The number of fused-ring (bicyclic) bond motifs is 1. The number of carbonyl (C=O) groups excluding carboxylic acids is 3. The van der Waals surface area contributed by atoms with Crippen LogP contribution in [0, 0.1) is 6.92 Å². The number of carbonyl (C=O) groups is 3. The number of phenolic OH excluding ortho intramolecular Hbond substituents is 1. The van der Waals surface area contributed by atoms with Gasteiger partial charge in [0, 0.05) is 24.0 Å². The first-order chi connectivity index (χ1) is 16.6. The van der Waals surface area contributed by atoms with Gasteiger partial charge in [-0.15, -0.1) is 0 Å². The first-order valence-electron chi connectivity index (χ1n) is 12.2. The maximum Gasteiger partial charge on any atom is 0.342 e. The Morgan fingerprint density at radius 2 is 1.80 bits per heavy atom. The number of hydrogen-bond acceptors (Lipinski definition) is 8. The highest BCUT2D eigenvalue weighted by atomic mass is 16.5. The second kappa shape index (κ2) is 13.8. The van der Waals surface area contributed by atoms with Gasteiger partial charge < -0.3 is 24.1 Å². The first kappa shape index (κ1) is 28.2. The minimum Gasteiger partial charge on any atom is -0.507 e. The Hall–Kier alpha value is -3.03. The standard InChI is InChI=1S/C27H38O8/c1-17(2)35-23(29)10-8-6-7-9-15-33-22(28)14-12-18(3)11-13-20-25(30)24-21(16-34-27(24)31)19(4)26(20)32-5/h11,17,30H,6-10,12-16H2,1-5H3/b18-11+. The summed E-state index contributed by atoms with van der Waals surface area (Å²) in [6, 6.07) is 0. The summed E-state index contributed by atoms with van der Waals surface area (Å²) in [5.74, 6) is -0.515. The van der Waals surface area contributed by atoms with Gasteiger partial charge >= 0.3 is 17.9 Å². The van der Waals surface area contributed by atoms with Crippen molar-refractivity contribution >= 4 is 17.9 Å². The zero-order valence-corrected chi connectivity index (χ0v) is 21.5. The van der Waals surface area contributed by atoms with E-state index in [1.807, 2.05) is 33.8 Å². The molecule has 194 valence electrons. The van der Waals surface area contributed by atoms with E-state index >= 15 is 0 Å². The minimum atomic E-state index is -0.526. The third kappa shape index (κ3) is 8.30. The van der Waals surface area contributed by atoms with Gasteiger partial charge in [0.05, 0.1) is 19.8 Å². The number of cyclic esters (lactones) is 1. The Balaban J connectivity index is 1.73. The van der Waals surface area contributed by atoms with E-state index in [2.05, 4.69) is 0 Å². The van der Waals surface area contributed by atoms with Crippen molar-refractivity contribution in [2.45, 2.75) is 91.8 Å². The summed E-state index contributed by atoms with van der Waals surface area (Å²) in [7, 11) is 1.53. The van der Waals surface area contributed by atoms with Crippen LogP contribution in [0.15, 0.2) is 11.6 Å². The molecule has 8 heteroatoms. The number of phenols is 1. The highest BCUT2D eigenvalue weighted by Crippen LogP contribution is 2.42. The summed E-state index contributed by atoms with van der Waals surface area (Å²) in [5, 5.41) is 10.7. The number of unbranched alkanes of at least 4 members (excludes halogenated alkanes) is 3. The van der Waals surface area contributed by atoms with Gasteiger partial charge in [-0.2, -0.15) is 0 Å². The van der Waals surface area contributed by atoms with E-state index in [9.17, 15) is 19.5 Å². The van der Waals surface area contributed by atoms with E-state index in [0.29, 0.717) is 42.7 Å². The van der Waals surface area contributed by atoms with Gasteiger partial charge in [0.15, 0.2) is 0 Å². The van der Waals surface area contributed by atoms with Crippen LogP contribution in [-0.4, -0.2) is 42.8 Å². The van der Waals surface area contributed by atoms with Crippen molar-refractivity contribution in [1.29, 1.82) is 0 Å². The van der Waals surface area contributed by atoms with Crippen LogP contribution in [0.1, 0.15) is 92.8 Å². The quantitative estimate of drug-likeness (QED) is 0.166. The lowest BCUT2D eigenvalue weighted by atomic mass is 9.94. The van der Waals surface area contributed by atoms with Crippen molar-refractivity contribution in [3.8, 4) is 11.5 Å². The molecule has 1 heterocycles. The zero-order chi connectivity index (χ0) is 26.0. The molecule has 1 N–H and O–H groups in total. The maximum absolute atomic E-state index is 12.0. The van der Waals surface area contributed by atoms with Gasteiger partial charge in [0.1, 0.15) is 23.7 Å². The summed E-state index contributed by atoms with van der Waals surface area (Å²) in [5.41, 5.74) is 3.15. The van der Waals surface area contributed by atoms with E-state index in [1.54, 1.807) is 0 Å². The number of benzene rings is 1. The molecule has 8 nitrogen and oxygen atoms in total. The Morgan fingerprint density at radius 1 is 1.09 bits per heavy atom. The average molecular weight is 491 g/mol. The predicted octanol–water partition coefficient (Wildman–Crippen LogP) is 5.09. The second-order valence-corrected chi connectivity index (χ2v) is 9.09. The molecule has 35 heavy (non-hydrogen) atoms. The number of ether oxygens (including phenoxy) is 4.